The van der Waals surface area contributed by atoms with Gasteiger partial charge >= 0.3 is 5.97 Å². The number of carbonyl (C=O) groups is 3. The fraction of sp³-hybridized carbons (Fsp3) is 0.105. The highest BCUT2D eigenvalue weighted by atomic mass is 16.6. The van der Waals surface area contributed by atoms with Crippen LogP contribution in [0.1, 0.15) is 22.8 Å². The summed E-state index contributed by atoms with van der Waals surface area (Å²) in [7, 11) is 0. The van der Waals surface area contributed by atoms with Gasteiger partial charge in [0, 0.05) is 29.5 Å². The summed E-state index contributed by atoms with van der Waals surface area (Å²) in [5, 5.41) is 13.1. The molecule has 0 unspecified atom stereocenters. The fourth-order valence-corrected chi connectivity index (χ4v) is 2.07. The van der Waals surface area contributed by atoms with Crippen LogP contribution in [-0.2, 0) is 14.3 Å². The minimum atomic E-state index is -0.735. The van der Waals surface area contributed by atoms with Gasteiger partial charge in [-0.2, -0.15) is 0 Å². The second-order valence-electron chi connectivity index (χ2n) is 5.47. The zero-order valence-corrected chi connectivity index (χ0v) is 14.4. The van der Waals surface area contributed by atoms with Crippen LogP contribution >= 0.6 is 0 Å². The monoisotopic (exact) mass is 368 g/mol. The molecule has 0 aliphatic heterocycles. The van der Waals surface area contributed by atoms with Crippen molar-refractivity contribution in [3.05, 3.63) is 75.8 Å². The molecule has 0 aromatic heterocycles. The molecular weight excluding hydrogens is 352 g/mol. The van der Waals surface area contributed by atoms with E-state index in [-0.39, 0.29) is 11.5 Å². The van der Waals surface area contributed by atoms with E-state index >= 15 is 0 Å². The Hall–Kier alpha value is -3.81. The first-order valence-corrected chi connectivity index (χ1v) is 7.85. The normalized spacial score (nSPS) is 10.4. The highest BCUT2D eigenvalue weighted by Crippen LogP contribution is 2.13. The van der Waals surface area contributed by atoms with Gasteiger partial charge in [-0.3, -0.25) is 19.7 Å². The largest absolute Gasteiger partial charge is 0.452 e. The molecule has 0 heterocycles. The smallest absolute Gasteiger partial charge is 0.331 e. The number of Topliss-reactive ketones (excluding diaryl/α,β-unsaturated/α-hetero) is 1. The first-order valence-electron chi connectivity index (χ1n) is 7.85. The zero-order chi connectivity index (χ0) is 19.8. The lowest BCUT2D eigenvalue weighted by Crippen LogP contribution is -2.20. The number of nitrogens with zero attached hydrogens (tertiary/aromatic N) is 1. The summed E-state index contributed by atoms with van der Waals surface area (Å²) in [6.45, 7) is 0.924. The molecule has 0 aliphatic rings. The molecule has 0 saturated heterocycles. The summed E-state index contributed by atoms with van der Waals surface area (Å²) in [6.07, 6.45) is 2.53. The van der Waals surface area contributed by atoms with Crippen LogP contribution in [0.2, 0.25) is 0 Å². The van der Waals surface area contributed by atoms with Crippen LogP contribution in [0.5, 0.6) is 0 Å². The van der Waals surface area contributed by atoms with Crippen LogP contribution in [0.3, 0.4) is 0 Å². The highest BCUT2D eigenvalue weighted by molar-refractivity contribution is 5.98. The van der Waals surface area contributed by atoms with Gasteiger partial charge in [0.2, 0.25) is 0 Å². The number of non-ortho nitro benzene ring substituents is 1. The molecule has 0 aliphatic carbocycles. The number of hydrogen-bond donors (Lipinski definition) is 1. The lowest BCUT2D eigenvalue weighted by molar-refractivity contribution is -0.384. The summed E-state index contributed by atoms with van der Waals surface area (Å²) in [4.78, 5) is 44.8. The molecule has 2 aromatic carbocycles. The van der Waals surface area contributed by atoms with E-state index < -0.39 is 23.4 Å². The number of hydrogen-bond acceptors (Lipinski definition) is 6. The average molecular weight is 368 g/mol. The Morgan fingerprint density at radius 2 is 1.85 bits per heavy atom. The second-order valence-corrected chi connectivity index (χ2v) is 5.47. The van der Waals surface area contributed by atoms with Crippen molar-refractivity contribution >= 4 is 35.1 Å². The SMILES string of the molecule is CC(=O)c1cccc(NC(=O)COC(=O)C=Cc2ccc([N+](=O)[O-])cc2)c1. The molecule has 2 aromatic rings. The summed E-state index contributed by atoms with van der Waals surface area (Å²) >= 11 is 0. The van der Waals surface area contributed by atoms with Gasteiger partial charge in [0.1, 0.15) is 0 Å². The summed E-state index contributed by atoms with van der Waals surface area (Å²) in [6, 6.07) is 12.0. The number of ketones is 1. The third-order valence-electron chi connectivity index (χ3n) is 3.41. The number of anilines is 1. The Kier molecular flexibility index (Phi) is 6.54. The van der Waals surface area contributed by atoms with Gasteiger partial charge < -0.3 is 10.1 Å². The molecule has 0 radical (unpaired) electrons. The van der Waals surface area contributed by atoms with Crippen molar-refractivity contribution in [2.24, 2.45) is 0 Å². The molecule has 0 atom stereocenters. The van der Waals surface area contributed by atoms with Crippen molar-refractivity contribution in [2.45, 2.75) is 6.92 Å². The topological polar surface area (TPSA) is 116 Å². The average Bonchev–Trinajstić information content (AvgIpc) is 2.65. The Labute approximate surface area is 154 Å². The van der Waals surface area contributed by atoms with E-state index in [1.807, 2.05) is 0 Å². The van der Waals surface area contributed by atoms with E-state index in [0.717, 1.165) is 6.08 Å². The number of ether oxygens (including phenoxy) is 1. The molecule has 1 amide bonds. The molecule has 2 rings (SSSR count). The minimum Gasteiger partial charge on any atom is -0.452 e. The number of nitro groups is 1. The Morgan fingerprint density at radius 1 is 1.15 bits per heavy atom. The van der Waals surface area contributed by atoms with Crippen molar-refractivity contribution < 1.29 is 24.0 Å². The van der Waals surface area contributed by atoms with Crippen molar-refractivity contribution in [1.82, 2.24) is 0 Å². The van der Waals surface area contributed by atoms with Gasteiger partial charge in [0.05, 0.1) is 4.92 Å². The van der Waals surface area contributed by atoms with Gasteiger partial charge in [-0.25, -0.2) is 4.79 Å². The molecule has 0 fully saturated rings. The number of carbonyl (C=O) groups excluding carboxylic acids is 3. The Bertz CT molecular complexity index is 903. The van der Waals surface area contributed by atoms with E-state index in [1.54, 1.807) is 18.2 Å². The molecule has 0 spiro atoms. The van der Waals surface area contributed by atoms with E-state index in [0.29, 0.717) is 16.8 Å². The van der Waals surface area contributed by atoms with E-state index in [2.05, 4.69) is 5.32 Å². The Morgan fingerprint density at radius 3 is 2.48 bits per heavy atom. The van der Waals surface area contributed by atoms with E-state index in [4.69, 9.17) is 4.74 Å². The fourth-order valence-electron chi connectivity index (χ4n) is 2.07. The maximum Gasteiger partial charge on any atom is 0.331 e. The Balaban J connectivity index is 1.84. The lowest BCUT2D eigenvalue weighted by Gasteiger charge is -2.06. The van der Waals surface area contributed by atoms with Crippen LogP contribution < -0.4 is 5.32 Å². The summed E-state index contributed by atoms with van der Waals surface area (Å²) in [5.74, 6) is -1.41. The number of amides is 1. The molecule has 8 nitrogen and oxygen atoms in total. The number of rotatable bonds is 7. The maximum absolute atomic E-state index is 11.8. The van der Waals surface area contributed by atoms with Gasteiger partial charge in [-0.05, 0) is 42.8 Å². The van der Waals surface area contributed by atoms with Crippen LogP contribution in [0.15, 0.2) is 54.6 Å². The number of esters is 1. The first-order chi connectivity index (χ1) is 12.8. The maximum atomic E-state index is 11.8. The third-order valence-corrected chi connectivity index (χ3v) is 3.41. The summed E-state index contributed by atoms with van der Waals surface area (Å²) < 4.78 is 4.82. The van der Waals surface area contributed by atoms with Crippen molar-refractivity contribution in [3.63, 3.8) is 0 Å². The predicted octanol–water partition coefficient (Wildman–Crippen LogP) is 2.99. The predicted molar refractivity (Wildman–Crippen MR) is 98.2 cm³/mol. The standard InChI is InChI=1S/C19H16N2O6/c1-13(22)15-3-2-4-16(11-15)20-18(23)12-27-19(24)10-7-14-5-8-17(9-6-14)21(25)26/h2-11H,12H2,1H3,(H,20,23). The number of nitrogens with one attached hydrogen (secondary N) is 1. The number of benzene rings is 2. The summed E-state index contributed by atoms with van der Waals surface area (Å²) in [5.41, 5.74) is 1.39. The van der Waals surface area contributed by atoms with E-state index in [9.17, 15) is 24.5 Å². The lowest BCUT2D eigenvalue weighted by atomic mass is 10.1. The number of nitro benzene ring substituents is 1. The highest BCUT2D eigenvalue weighted by Gasteiger charge is 2.08. The molecule has 1 N–H and O–H groups in total. The minimum absolute atomic E-state index is 0.0553. The third kappa shape index (κ3) is 6.20. The zero-order valence-electron chi connectivity index (χ0n) is 14.4. The quantitative estimate of drug-likeness (QED) is 0.264. The van der Waals surface area contributed by atoms with Gasteiger partial charge in [0.15, 0.2) is 12.4 Å². The first kappa shape index (κ1) is 19.5. The van der Waals surface area contributed by atoms with Crippen LogP contribution in [0, 0.1) is 10.1 Å². The van der Waals surface area contributed by atoms with Crippen LogP contribution in [-0.4, -0.2) is 29.2 Å². The van der Waals surface area contributed by atoms with Gasteiger partial charge in [0.25, 0.3) is 11.6 Å². The van der Waals surface area contributed by atoms with Crippen molar-refractivity contribution in [3.8, 4) is 0 Å². The molecule has 8 heteroatoms. The van der Waals surface area contributed by atoms with Crippen LogP contribution in [0.25, 0.3) is 6.08 Å². The van der Waals surface area contributed by atoms with Gasteiger partial charge in [-0.15, -0.1) is 0 Å². The van der Waals surface area contributed by atoms with Crippen molar-refractivity contribution in [2.75, 3.05) is 11.9 Å². The molecule has 0 bridgehead atoms. The molecule has 0 saturated carbocycles. The molecule has 27 heavy (non-hydrogen) atoms. The van der Waals surface area contributed by atoms with Crippen LogP contribution in [0.4, 0.5) is 11.4 Å². The molecular formula is C19H16N2O6. The molecule has 138 valence electrons. The van der Waals surface area contributed by atoms with Gasteiger partial charge in [-0.1, -0.05) is 12.1 Å². The van der Waals surface area contributed by atoms with Crippen molar-refractivity contribution in [1.29, 1.82) is 0 Å². The van der Waals surface area contributed by atoms with E-state index in [1.165, 1.54) is 43.3 Å². The second kappa shape index (κ2) is 9.04.